The van der Waals surface area contributed by atoms with Crippen molar-refractivity contribution in [2.45, 2.75) is 18.4 Å². The van der Waals surface area contributed by atoms with Crippen LogP contribution in [0, 0.1) is 0 Å². The van der Waals surface area contributed by atoms with Gasteiger partial charge in [-0.15, -0.1) is 0 Å². The number of fused-ring (bicyclic) bond motifs is 1. The second-order valence-corrected chi connectivity index (χ2v) is 5.97. The van der Waals surface area contributed by atoms with Gasteiger partial charge in [0.25, 0.3) is 0 Å². The number of hydrogen-bond donors (Lipinski definition) is 2. The van der Waals surface area contributed by atoms with Gasteiger partial charge in [-0.3, -0.25) is 0 Å². The molecule has 1 aliphatic heterocycles. The predicted molar refractivity (Wildman–Crippen MR) is 76.6 cm³/mol. The van der Waals surface area contributed by atoms with Crippen molar-refractivity contribution >= 4 is 11.8 Å². The summed E-state index contributed by atoms with van der Waals surface area (Å²) >= 11 is 1.67. The zero-order valence-electron chi connectivity index (χ0n) is 11.0. The van der Waals surface area contributed by atoms with E-state index in [1.807, 2.05) is 31.4 Å². The maximum atomic E-state index is 10.1. The van der Waals surface area contributed by atoms with Crippen molar-refractivity contribution in [3.63, 3.8) is 0 Å². The molecule has 1 aromatic carbocycles. The first kappa shape index (κ1) is 13.7. The lowest BCUT2D eigenvalue weighted by Crippen LogP contribution is -2.41. The van der Waals surface area contributed by atoms with Crippen LogP contribution in [0.15, 0.2) is 24.3 Å². The van der Waals surface area contributed by atoms with Crippen molar-refractivity contribution in [2.75, 3.05) is 31.7 Å². The number of para-hydroxylation sites is 1. The van der Waals surface area contributed by atoms with Crippen LogP contribution in [0.3, 0.4) is 0 Å². The van der Waals surface area contributed by atoms with E-state index in [0.29, 0.717) is 12.5 Å². The third-order valence-corrected chi connectivity index (χ3v) is 4.06. The monoisotopic (exact) mass is 267 g/mol. The fourth-order valence-electron chi connectivity index (χ4n) is 2.28. The van der Waals surface area contributed by atoms with Crippen LogP contribution >= 0.6 is 11.8 Å². The third kappa shape index (κ3) is 3.40. The molecule has 100 valence electrons. The molecule has 1 aromatic rings. The Labute approximate surface area is 113 Å². The zero-order chi connectivity index (χ0) is 13.0. The Morgan fingerprint density at radius 3 is 3.06 bits per heavy atom. The first-order chi connectivity index (χ1) is 8.62. The van der Waals surface area contributed by atoms with Crippen LogP contribution in [0.25, 0.3) is 0 Å². The van der Waals surface area contributed by atoms with Gasteiger partial charge in [-0.05, 0) is 19.2 Å². The van der Waals surface area contributed by atoms with E-state index in [1.165, 1.54) is 5.56 Å². The summed E-state index contributed by atoms with van der Waals surface area (Å²) in [5.74, 6) is 2.14. The maximum absolute atomic E-state index is 10.1. The summed E-state index contributed by atoms with van der Waals surface area (Å²) < 4.78 is 5.63. The molecule has 2 atom stereocenters. The van der Waals surface area contributed by atoms with E-state index in [4.69, 9.17) is 4.74 Å². The Kier molecular flexibility index (Phi) is 4.54. The molecule has 1 aliphatic rings. The van der Waals surface area contributed by atoms with Crippen LogP contribution in [0.5, 0.6) is 5.75 Å². The van der Waals surface area contributed by atoms with Crippen molar-refractivity contribution in [2.24, 2.45) is 0 Å². The fourth-order valence-corrected chi connectivity index (χ4v) is 3.00. The van der Waals surface area contributed by atoms with Crippen molar-refractivity contribution < 1.29 is 9.84 Å². The molecule has 0 radical (unpaired) electrons. The minimum absolute atomic E-state index is 0.395. The Bertz CT molecular complexity index is 395. The number of hydrogen-bond acceptors (Lipinski definition) is 4. The molecule has 3 nitrogen and oxygen atoms in total. The molecule has 0 aromatic heterocycles. The number of benzene rings is 1. The van der Waals surface area contributed by atoms with Crippen molar-refractivity contribution in [1.29, 1.82) is 0 Å². The normalized spacial score (nSPS) is 21.2. The van der Waals surface area contributed by atoms with Crippen molar-refractivity contribution in [3.8, 4) is 5.75 Å². The topological polar surface area (TPSA) is 41.5 Å². The molecule has 1 heterocycles. The summed E-state index contributed by atoms with van der Waals surface area (Å²) in [5.41, 5.74) is 0.632. The minimum atomic E-state index is -0.640. The molecule has 0 fully saturated rings. The van der Waals surface area contributed by atoms with E-state index in [1.54, 1.807) is 11.8 Å². The van der Waals surface area contributed by atoms with E-state index in [9.17, 15) is 5.11 Å². The summed E-state index contributed by atoms with van der Waals surface area (Å²) in [5, 5.41) is 13.4. The van der Waals surface area contributed by atoms with Crippen LogP contribution in [0.2, 0.25) is 0 Å². The lowest BCUT2D eigenvalue weighted by molar-refractivity contribution is 0.0843. The molecular formula is C14H21NO2S. The average Bonchev–Trinajstić information content (AvgIpc) is 2.73. The van der Waals surface area contributed by atoms with Crippen LogP contribution in [0.4, 0.5) is 0 Å². The Balaban J connectivity index is 1.82. The molecule has 2 rings (SSSR count). The molecule has 0 bridgehead atoms. The average molecular weight is 267 g/mol. The summed E-state index contributed by atoms with van der Waals surface area (Å²) in [6.45, 7) is 4.07. The van der Waals surface area contributed by atoms with Gasteiger partial charge in [0.15, 0.2) is 0 Å². The van der Waals surface area contributed by atoms with E-state index >= 15 is 0 Å². The second-order valence-electron chi connectivity index (χ2n) is 5.11. The van der Waals surface area contributed by atoms with Gasteiger partial charge in [0.1, 0.15) is 5.75 Å². The molecule has 18 heavy (non-hydrogen) atoms. The Hall–Kier alpha value is -0.710. The molecule has 0 saturated heterocycles. The van der Waals surface area contributed by atoms with Gasteiger partial charge in [-0.25, -0.2) is 0 Å². The summed E-state index contributed by atoms with van der Waals surface area (Å²) in [4.78, 5) is 0. The van der Waals surface area contributed by atoms with Crippen LogP contribution in [-0.4, -0.2) is 42.4 Å². The van der Waals surface area contributed by atoms with E-state index in [-0.39, 0.29) is 0 Å². The van der Waals surface area contributed by atoms with E-state index in [2.05, 4.69) is 11.4 Å². The van der Waals surface area contributed by atoms with Gasteiger partial charge in [0, 0.05) is 30.3 Å². The van der Waals surface area contributed by atoms with Crippen LogP contribution < -0.4 is 10.1 Å². The number of thioether (sulfide) groups is 1. The highest BCUT2D eigenvalue weighted by Gasteiger charge is 2.25. The summed E-state index contributed by atoms with van der Waals surface area (Å²) in [7, 11) is 0. The van der Waals surface area contributed by atoms with Crippen molar-refractivity contribution in [1.82, 2.24) is 5.32 Å². The van der Waals surface area contributed by atoms with E-state index < -0.39 is 5.60 Å². The molecule has 0 saturated carbocycles. The quantitative estimate of drug-likeness (QED) is 0.825. The first-order valence-corrected chi connectivity index (χ1v) is 7.65. The highest BCUT2D eigenvalue weighted by Crippen LogP contribution is 2.32. The molecular weight excluding hydrogens is 246 g/mol. The third-order valence-electron chi connectivity index (χ3n) is 3.15. The smallest absolute Gasteiger partial charge is 0.122 e. The Morgan fingerprint density at radius 1 is 1.50 bits per heavy atom. The maximum Gasteiger partial charge on any atom is 0.122 e. The van der Waals surface area contributed by atoms with Gasteiger partial charge in [-0.1, -0.05) is 18.2 Å². The zero-order valence-corrected chi connectivity index (χ0v) is 11.8. The molecule has 2 N–H and O–H groups in total. The highest BCUT2D eigenvalue weighted by molar-refractivity contribution is 7.98. The first-order valence-electron chi connectivity index (χ1n) is 6.26. The summed E-state index contributed by atoms with van der Waals surface area (Å²) in [6, 6.07) is 8.18. The van der Waals surface area contributed by atoms with E-state index in [0.717, 1.165) is 24.7 Å². The largest absolute Gasteiger partial charge is 0.493 e. The molecule has 0 amide bonds. The molecule has 4 heteroatoms. The van der Waals surface area contributed by atoms with Gasteiger partial charge < -0.3 is 15.2 Å². The number of rotatable bonds is 6. The molecule has 0 aliphatic carbocycles. The number of aliphatic hydroxyl groups is 1. The van der Waals surface area contributed by atoms with Crippen molar-refractivity contribution in [3.05, 3.63) is 29.8 Å². The highest BCUT2D eigenvalue weighted by atomic mass is 32.2. The predicted octanol–water partition coefficient (Wildman–Crippen LogP) is 1.87. The van der Waals surface area contributed by atoms with Gasteiger partial charge in [0.2, 0.25) is 0 Å². The lowest BCUT2D eigenvalue weighted by atomic mass is 10.0. The van der Waals surface area contributed by atoms with Gasteiger partial charge >= 0.3 is 0 Å². The molecule has 2 unspecified atom stereocenters. The Morgan fingerprint density at radius 2 is 2.28 bits per heavy atom. The number of ether oxygens (including phenoxy) is 1. The van der Waals surface area contributed by atoms with Gasteiger partial charge in [0.05, 0.1) is 12.2 Å². The molecule has 0 spiro atoms. The summed E-state index contributed by atoms with van der Waals surface area (Å²) in [6.07, 6.45) is 2.01. The fraction of sp³-hybridized carbons (Fsp3) is 0.571. The van der Waals surface area contributed by atoms with Crippen LogP contribution in [-0.2, 0) is 0 Å². The number of nitrogens with one attached hydrogen (secondary N) is 1. The minimum Gasteiger partial charge on any atom is -0.493 e. The van der Waals surface area contributed by atoms with Gasteiger partial charge in [-0.2, -0.15) is 11.8 Å². The standard InChI is InChI=1S/C14H21NO2S/c1-14(16,10-18-2)9-15-7-11-8-17-13-6-4-3-5-12(11)13/h3-6,11,15-16H,7-10H2,1-2H3. The SMILES string of the molecule is CSCC(C)(O)CNCC1COc2ccccc21. The lowest BCUT2D eigenvalue weighted by Gasteiger charge is -2.23. The van der Waals surface area contributed by atoms with Crippen LogP contribution in [0.1, 0.15) is 18.4 Å². The second kappa shape index (κ2) is 5.95.